The Morgan fingerprint density at radius 2 is 2.50 bits per heavy atom. The Morgan fingerprint density at radius 3 is 3.19 bits per heavy atom. The van der Waals surface area contributed by atoms with Crippen LogP contribution in [-0.4, -0.2) is 49.7 Å². The van der Waals surface area contributed by atoms with Gasteiger partial charge in [0.25, 0.3) is 0 Å². The van der Waals surface area contributed by atoms with E-state index in [9.17, 15) is 4.79 Å². The highest BCUT2D eigenvalue weighted by atomic mass is 16.5. The van der Waals surface area contributed by atoms with Crippen LogP contribution in [0.1, 0.15) is 19.8 Å². The molecule has 0 spiro atoms. The second kappa shape index (κ2) is 7.20. The predicted molar refractivity (Wildman–Crippen MR) is 59.7 cm³/mol. The van der Waals surface area contributed by atoms with Gasteiger partial charge in [0.1, 0.15) is 6.04 Å². The van der Waals surface area contributed by atoms with Crippen LogP contribution in [-0.2, 0) is 9.53 Å². The topological polar surface area (TPSA) is 65.4 Å². The lowest BCUT2D eigenvalue weighted by Crippen LogP contribution is -2.52. The van der Waals surface area contributed by atoms with Crippen molar-refractivity contribution < 1.29 is 9.53 Å². The number of hydrogen-bond donors (Lipinski definition) is 1. The number of ether oxygens (including phenoxy) is 1. The second-order valence-corrected chi connectivity index (χ2v) is 3.89. The van der Waals surface area contributed by atoms with E-state index in [4.69, 9.17) is 10.00 Å². The summed E-state index contributed by atoms with van der Waals surface area (Å²) in [6.45, 7) is 4.93. The molecule has 1 unspecified atom stereocenters. The van der Waals surface area contributed by atoms with Crippen molar-refractivity contribution in [3.05, 3.63) is 0 Å². The van der Waals surface area contributed by atoms with Gasteiger partial charge in [0.15, 0.2) is 0 Å². The number of hydrogen-bond acceptors (Lipinski definition) is 5. The van der Waals surface area contributed by atoms with E-state index < -0.39 is 0 Å². The molecule has 0 radical (unpaired) electrons. The highest BCUT2D eigenvalue weighted by Gasteiger charge is 2.23. The van der Waals surface area contributed by atoms with Gasteiger partial charge in [-0.25, -0.2) is 0 Å². The van der Waals surface area contributed by atoms with E-state index in [1.54, 1.807) is 0 Å². The first kappa shape index (κ1) is 12.9. The third-order valence-corrected chi connectivity index (χ3v) is 2.60. The minimum Gasteiger partial charge on any atom is -0.465 e. The van der Waals surface area contributed by atoms with Crippen molar-refractivity contribution >= 4 is 5.97 Å². The Balaban J connectivity index is 2.28. The number of nitrogens with one attached hydrogen (secondary N) is 1. The fraction of sp³-hybridized carbons (Fsp3) is 0.818. The van der Waals surface area contributed by atoms with Gasteiger partial charge >= 0.3 is 5.97 Å². The second-order valence-electron chi connectivity index (χ2n) is 3.89. The van der Waals surface area contributed by atoms with Crippen molar-refractivity contribution in [1.82, 2.24) is 10.2 Å². The lowest BCUT2D eigenvalue weighted by molar-refractivity contribution is -0.145. The number of carbonyl (C=O) groups is 1. The summed E-state index contributed by atoms with van der Waals surface area (Å²) in [5.74, 6) is -0.226. The number of nitrogens with zero attached hydrogens (tertiary/aromatic N) is 2. The van der Waals surface area contributed by atoms with Crippen LogP contribution in [0.2, 0.25) is 0 Å². The van der Waals surface area contributed by atoms with E-state index in [1.807, 2.05) is 4.90 Å². The van der Waals surface area contributed by atoms with E-state index in [2.05, 4.69) is 18.3 Å². The zero-order chi connectivity index (χ0) is 11.8. The quantitative estimate of drug-likeness (QED) is 0.532. The zero-order valence-corrected chi connectivity index (χ0v) is 9.74. The third-order valence-electron chi connectivity index (χ3n) is 2.60. The van der Waals surface area contributed by atoms with Crippen LogP contribution in [0.15, 0.2) is 0 Å². The van der Waals surface area contributed by atoms with Gasteiger partial charge in [0, 0.05) is 19.6 Å². The molecule has 0 aromatic carbocycles. The van der Waals surface area contributed by atoms with E-state index in [-0.39, 0.29) is 18.6 Å². The largest absolute Gasteiger partial charge is 0.465 e. The summed E-state index contributed by atoms with van der Waals surface area (Å²) in [6, 6.07) is 1.97. The summed E-state index contributed by atoms with van der Waals surface area (Å²) in [7, 11) is 0. The number of unbranched alkanes of at least 4 members (excludes halogenated alkanes) is 1. The molecule has 16 heavy (non-hydrogen) atoms. The molecule has 1 saturated heterocycles. The molecule has 90 valence electrons. The Morgan fingerprint density at radius 1 is 1.69 bits per heavy atom. The number of esters is 1. The Kier molecular flexibility index (Phi) is 5.83. The van der Waals surface area contributed by atoms with Gasteiger partial charge in [0.05, 0.1) is 19.2 Å². The standard InChI is InChI=1S/C11H19N3O2/c1-2-3-6-16-11(15)9-14-5-4-13-8-10(14)7-12/h10,13H,2-6,8-9H2,1H3. The first-order valence-electron chi connectivity index (χ1n) is 5.78. The molecular formula is C11H19N3O2. The van der Waals surface area contributed by atoms with Crippen molar-refractivity contribution in [3.63, 3.8) is 0 Å². The summed E-state index contributed by atoms with van der Waals surface area (Å²) in [6.07, 6.45) is 1.91. The summed E-state index contributed by atoms with van der Waals surface area (Å²) in [5, 5.41) is 12.0. The number of carbonyl (C=O) groups excluding carboxylic acids is 1. The summed E-state index contributed by atoms with van der Waals surface area (Å²) >= 11 is 0. The minimum absolute atomic E-state index is 0.215. The molecule has 1 atom stereocenters. The van der Waals surface area contributed by atoms with Crippen molar-refractivity contribution in [2.45, 2.75) is 25.8 Å². The molecule has 0 bridgehead atoms. The normalized spacial score (nSPS) is 21.4. The van der Waals surface area contributed by atoms with Crippen molar-refractivity contribution in [3.8, 4) is 6.07 Å². The highest BCUT2D eigenvalue weighted by Crippen LogP contribution is 2.02. The molecule has 5 heteroatoms. The van der Waals surface area contributed by atoms with Crippen molar-refractivity contribution in [2.24, 2.45) is 0 Å². The average molecular weight is 225 g/mol. The molecule has 1 rings (SSSR count). The first-order valence-corrected chi connectivity index (χ1v) is 5.78. The predicted octanol–water partition coefficient (Wildman–Crippen LogP) is 0.127. The molecular weight excluding hydrogens is 206 g/mol. The molecule has 0 aliphatic carbocycles. The third kappa shape index (κ3) is 4.17. The van der Waals surface area contributed by atoms with Gasteiger partial charge in [-0.15, -0.1) is 0 Å². The van der Waals surface area contributed by atoms with E-state index in [0.717, 1.165) is 25.9 Å². The smallest absolute Gasteiger partial charge is 0.320 e. The average Bonchev–Trinajstić information content (AvgIpc) is 2.30. The van der Waals surface area contributed by atoms with Crippen LogP contribution in [0.5, 0.6) is 0 Å². The molecule has 0 aromatic heterocycles. The highest BCUT2D eigenvalue weighted by molar-refractivity contribution is 5.71. The molecule has 1 aliphatic heterocycles. The van der Waals surface area contributed by atoms with Crippen molar-refractivity contribution in [2.75, 3.05) is 32.8 Å². The summed E-state index contributed by atoms with van der Waals surface area (Å²) in [4.78, 5) is 13.3. The van der Waals surface area contributed by atoms with E-state index in [1.165, 1.54) is 0 Å². The molecule has 0 aromatic rings. The lowest BCUT2D eigenvalue weighted by Gasteiger charge is -2.30. The maximum Gasteiger partial charge on any atom is 0.320 e. The molecule has 0 amide bonds. The van der Waals surface area contributed by atoms with Gasteiger partial charge in [-0.05, 0) is 6.42 Å². The zero-order valence-electron chi connectivity index (χ0n) is 9.74. The molecule has 1 heterocycles. The van der Waals surface area contributed by atoms with Gasteiger partial charge in [-0.3, -0.25) is 9.69 Å². The van der Waals surface area contributed by atoms with Gasteiger partial charge in [-0.2, -0.15) is 5.26 Å². The fourth-order valence-electron chi connectivity index (χ4n) is 1.60. The van der Waals surface area contributed by atoms with E-state index in [0.29, 0.717) is 13.2 Å². The molecule has 1 aliphatic rings. The number of nitriles is 1. The maximum atomic E-state index is 11.5. The molecule has 5 nitrogen and oxygen atoms in total. The van der Waals surface area contributed by atoms with Gasteiger partial charge < -0.3 is 10.1 Å². The van der Waals surface area contributed by atoms with Crippen LogP contribution in [0.4, 0.5) is 0 Å². The SMILES string of the molecule is CCCCOC(=O)CN1CCNCC1C#N. The first-order chi connectivity index (χ1) is 7.77. The molecule has 1 N–H and O–H groups in total. The lowest BCUT2D eigenvalue weighted by atomic mass is 10.2. The summed E-state index contributed by atoms with van der Waals surface area (Å²) < 4.78 is 5.07. The van der Waals surface area contributed by atoms with Crippen molar-refractivity contribution in [1.29, 1.82) is 5.26 Å². The van der Waals surface area contributed by atoms with Crippen LogP contribution >= 0.6 is 0 Å². The van der Waals surface area contributed by atoms with Gasteiger partial charge in [0.2, 0.25) is 0 Å². The minimum atomic E-state index is -0.226. The van der Waals surface area contributed by atoms with Crippen LogP contribution in [0, 0.1) is 11.3 Å². The Bertz CT molecular complexity index is 262. The number of rotatable bonds is 5. The van der Waals surface area contributed by atoms with E-state index >= 15 is 0 Å². The Labute approximate surface area is 96.4 Å². The van der Waals surface area contributed by atoms with Crippen LogP contribution in [0.25, 0.3) is 0 Å². The van der Waals surface area contributed by atoms with Gasteiger partial charge in [-0.1, -0.05) is 13.3 Å². The maximum absolute atomic E-state index is 11.5. The fourth-order valence-corrected chi connectivity index (χ4v) is 1.60. The summed E-state index contributed by atoms with van der Waals surface area (Å²) in [5.41, 5.74) is 0. The monoisotopic (exact) mass is 225 g/mol. The van der Waals surface area contributed by atoms with Crippen LogP contribution in [0.3, 0.4) is 0 Å². The van der Waals surface area contributed by atoms with Crippen LogP contribution < -0.4 is 5.32 Å². The Hall–Kier alpha value is -1.12. The molecule has 0 saturated carbocycles. The number of piperazine rings is 1. The molecule has 1 fully saturated rings.